The van der Waals surface area contributed by atoms with Crippen molar-refractivity contribution in [2.24, 2.45) is 17.1 Å². The second-order valence-electron chi connectivity index (χ2n) is 7.68. The van der Waals surface area contributed by atoms with Crippen molar-refractivity contribution in [3.63, 3.8) is 0 Å². The number of rotatable bonds is 3. The first kappa shape index (κ1) is 18.9. The third-order valence-electron chi connectivity index (χ3n) is 5.52. The van der Waals surface area contributed by atoms with Crippen LogP contribution in [-0.4, -0.2) is 48.5 Å². The predicted molar refractivity (Wildman–Crippen MR) is 92.5 cm³/mol. The summed E-state index contributed by atoms with van der Waals surface area (Å²) in [5.74, 6) is -0.353. The fourth-order valence-electron chi connectivity index (χ4n) is 3.88. The van der Waals surface area contributed by atoms with Crippen LogP contribution in [0.5, 0.6) is 0 Å². The van der Waals surface area contributed by atoms with E-state index in [4.69, 9.17) is 5.73 Å². The topological polar surface area (TPSA) is 62.5 Å². The summed E-state index contributed by atoms with van der Waals surface area (Å²) < 4.78 is 39.8. The summed E-state index contributed by atoms with van der Waals surface area (Å²) in [4.78, 5) is 20.3. The average molecular weight is 370 g/mol. The number of alkyl halides is 3. The number of aromatic nitrogens is 1. The van der Waals surface area contributed by atoms with E-state index < -0.39 is 11.7 Å². The maximum atomic E-state index is 13.3. The van der Waals surface area contributed by atoms with E-state index in [1.807, 2.05) is 4.90 Å². The maximum Gasteiger partial charge on any atom is 0.419 e. The number of halogens is 3. The Labute approximate surface area is 151 Å². The molecule has 0 spiro atoms. The third-order valence-corrected chi connectivity index (χ3v) is 5.52. The van der Waals surface area contributed by atoms with Crippen LogP contribution in [0.15, 0.2) is 18.3 Å². The molecule has 5 nitrogen and oxygen atoms in total. The highest BCUT2D eigenvalue weighted by Gasteiger charge is 2.40. The standard InChI is InChI=1S/C18H25F3N4O/c1-17(11-22)6-9-25(12-17)16(26)13-4-3-8-24(10-13)15-14(18(19,20)21)5-2-7-23-15/h2,5,7,13H,3-4,6,8-12,22H2,1H3. The second-order valence-corrected chi connectivity index (χ2v) is 7.68. The summed E-state index contributed by atoms with van der Waals surface area (Å²) in [6, 6.07) is 2.33. The first-order valence-electron chi connectivity index (χ1n) is 8.99. The molecule has 26 heavy (non-hydrogen) atoms. The number of anilines is 1. The number of carbonyl (C=O) groups excluding carboxylic acids is 1. The highest BCUT2D eigenvalue weighted by atomic mass is 19.4. The van der Waals surface area contributed by atoms with Gasteiger partial charge >= 0.3 is 6.18 Å². The molecule has 2 saturated heterocycles. The van der Waals surface area contributed by atoms with Gasteiger partial charge in [-0.1, -0.05) is 6.92 Å². The summed E-state index contributed by atoms with van der Waals surface area (Å²) in [6.07, 6.45) is -0.864. The van der Waals surface area contributed by atoms with E-state index in [9.17, 15) is 18.0 Å². The Hall–Kier alpha value is -1.83. The molecule has 1 amide bonds. The van der Waals surface area contributed by atoms with E-state index in [0.717, 1.165) is 12.5 Å². The molecular weight excluding hydrogens is 345 g/mol. The van der Waals surface area contributed by atoms with Gasteiger partial charge in [-0.15, -0.1) is 0 Å². The maximum absolute atomic E-state index is 13.3. The average Bonchev–Trinajstić information content (AvgIpc) is 3.03. The number of piperidine rings is 1. The first-order chi connectivity index (χ1) is 12.2. The quantitative estimate of drug-likeness (QED) is 0.888. The molecule has 1 aromatic heterocycles. The lowest BCUT2D eigenvalue weighted by atomic mass is 9.90. The largest absolute Gasteiger partial charge is 0.419 e. The van der Waals surface area contributed by atoms with E-state index in [1.54, 1.807) is 4.90 Å². The number of amides is 1. The van der Waals surface area contributed by atoms with Gasteiger partial charge in [0.15, 0.2) is 0 Å². The van der Waals surface area contributed by atoms with E-state index in [1.165, 1.54) is 12.3 Å². The van der Waals surface area contributed by atoms with Crippen LogP contribution in [-0.2, 0) is 11.0 Å². The van der Waals surface area contributed by atoms with Crippen LogP contribution in [0.2, 0.25) is 0 Å². The molecule has 3 rings (SSSR count). The zero-order valence-corrected chi connectivity index (χ0v) is 14.9. The number of nitrogens with zero attached hydrogens (tertiary/aromatic N) is 3. The zero-order chi connectivity index (χ0) is 18.9. The van der Waals surface area contributed by atoms with Crippen LogP contribution in [0.4, 0.5) is 19.0 Å². The summed E-state index contributed by atoms with van der Waals surface area (Å²) in [5, 5.41) is 0. The second kappa shape index (κ2) is 7.06. The van der Waals surface area contributed by atoms with Gasteiger partial charge in [-0.3, -0.25) is 4.79 Å². The SMILES string of the molecule is CC1(CN)CCN(C(=O)C2CCCN(c3ncccc3C(F)(F)F)C2)C1. The molecule has 8 heteroatoms. The Morgan fingerprint density at radius 2 is 2.19 bits per heavy atom. The van der Waals surface area contributed by atoms with E-state index in [-0.39, 0.29) is 29.6 Å². The number of hydrogen-bond acceptors (Lipinski definition) is 4. The van der Waals surface area contributed by atoms with Gasteiger partial charge in [0.1, 0.15) is 5.82 Å². The van der Waals surface area contributed by atoms with Gasteiger partial charge in [-0.2, -0.15) is 13.2 Å². The molecule has 2 unspecified atom stereocenters. The van der Waals surface area contributed by atoms with Crippen LogP contribution in [0, 0.1) is 11.3 Å². The van der Waals surface area contributed by atoms with Crippen molar-refractivity contribution in [2.45, 2.75) is 32.4 Å². The molecule has 0 saturated carbocycles. The van der Waals surface area contributed by atoms with E-state index in [0.29, 0.717) is 39.0 Å². The molecule has 2 fully saturated rings. The molecule has 2 N–H and O–H groups in total. The molecule has 0 aliphatic carbocycles. The normalized spacial score (nSPS) is 27.0. The van der Waals surface area contributed by atoms with Gasteiger partial charge in [-0.25, -0.2) is 4.98 Å². The highest BCUT2D eigenvalue weighted by Crippen LogP contribution is 2.37. The summed E-state index contributed by atoms with van der Waals surface area (Å²) in [6.45, 7) is 4.63. The number of nitrogens with two attached hydrogens (primary N) is 1. The van der Waals surface area contributed by atoms with Gasteiger partial charge in [-0.05, 0) is 43.4 Å². The molecule has 0 aromatic carbocycles. The molecule has 2 aliphatic rings. The van der Waals surface area contributed by atoms with Crippen LogP contribution in [0.3, 0.4) is 0 Å². The summed E-state index contributed by atoms with van der Waals surface area (Å²) in [7, 11) is 0. The Morgan fingerprint density at radius 1 is 1.42 bits per heavy atom. The van der Waals surface area contributed by atoms with E-state index >= 15 is 0 Å². The molecule has 0 radical (unpaired) electrons. The fourth-order valence-corrected chi connectivity index (χ4v) is 3.88. The molecular formula is C18H25F3N4O. The Bertz CT molecular complexity index is 666. The highest BCUT2D eigenvalue weighted by molar-refractivity contribution is 5.80. The Kier molecular flexibility index (Phi) is 5.14. The predicted octanol–water partition coefficient (Wildman–Crippen LogP) is 2.51. The van der Waals surface area contributed by atoms with Crippen molar-refractivity contribution in [1.29, 1.82) is 0 Å². The molecule has 2 atom stereocenters. The lowest BCUT2D eigenvalue weighted by Gasteiger charge is -2.36. The molecule has 144 valence electrons. The smallest absolute Gasteiger partial charge is 0.355 e. The van der Waals surface area contributed by atoms with Crippen LogP contribution in [0.1, 0.15) is 31.7 Å². The number of carbonyl (C=O) groups is 1. The minimum Gasteiger partial charge on any atom is -0.355 e. The minimum absolute atomic E-state index is 0.0244. The molecule has 3 heterocycles. The third kappa shape index (κ3) is 3.79. The minimum atomic E-state index is -4.46. The fraction of sp³-hybridized carbons (Fsp3) is 0.667. The lowest BCUT2D eigenvalue weighted by molar-refractivity contribution is -0.137. The van der Waals surface area contributed by atoms with Crippen molar-refractivity contribution in [2.75, 3.05) is 37.6 Å². The molecule has 1 aromatic rings. The molecule has 2 aliphatic heterocycles. The first-order valence-corrected chi connectivity index (χ1v) is 8.99. The van der Waals surface area contributed by atoms with E-state index in [2.05, 4.69) is 11.9 Å². The number of likely N-dealkylation sites (tertiary alicyclic amines) is 1. The van der Waals surface area contributed by atoms with Crippen molar-refractivity contribution in [3.8, 4) is 0 Å². The Morgan fingerprint density at radius 3 is 2.85 bits per heavy atom. The van der Waals surface area contributed by atoms with Crippen molar-refractivity contribution < 1.29 is 18.0 Å². The van der Waals surface area contributed by atoms with Gasteiger partial charge in [0.2, 0.25) is 5.91 Å². The van der Waals surface area contributed by atoms with Crippen LogP contribution < -0.4 is 10.6 Å². The Balaban J connectivity index is 1.74. The number of pyridine rings is 1. The van der Waals surface area contributed by atoms with Crippen LogP contribution >= 0.6 is 0 Å². The summed E-state index contributed by atoms with van der Waals surface area (Å²) >= 11 is 0. The monoisotopic (exact) mass is 370 g/mol. The molecule has 0 bridgehead atoms. The zero-order valence-electron chi connectivity index (χ0n) is 14.9. The lowest BCUT2D eigenvalue weighted by Crippen LogP contribution is -2.45. The van der Waals surface area contributed by atoms with Gasteiger partial charge in [0.25, 0.3) is 0 Å². The van der Waals surface area contributed by atoms with Crippen molar-refractivity contribution >= 4 is 11.7 Å². The van der Waals surface area contributed by atoms with Gasteiger partial charge in [0.05, 0.1) is 11.5 Å². The van der Waals surface area contributed by atoms with Crippen molar-refractivity contribution in [3.05, 3.63) is 23.9 Å². The summed E-state index contributed by atoms with van der Waals surface area (Å²) in [5.41, 5.74) is 5.00. The van der Waals surface area contributed by atoms with Crippen LogP contribution in [0.25, 0.3) is 0 Å². The van der Waals surface area contributed by atoms with Gasteiger partial charge in [0, 0.05) is 32.4 Å². The van der Waals surface area contributed by atoms with Gasteiger partial charge < -0.3 is 15.5 Å². The van der Waals surface area contributed by atoms with Crippen molar-refractivity contribution in [1.82, 2.24) is 9.88 Å². The number of hydrogen-bond donors (Lipinski definition) is 1.